The van der Waals surface area contributed by atoms with Crippen molar-refractivity contribution in [3.63, 3.8) is 0 Å². The van der Waals surface area contributed by atoms with Crippen molar-refractivity contribution in [1.29, 1.82) is 0 Å². The number of anilines is 1. The smallest absolute Gasteiger partial charge is 0.221 e. The lowest BCUT2D eigenvalue weighted by Gasteiger charge is -2.26. The fraction of sp³-hybridized carbons (Fsp3) is 0.412. The topological polar surface area (TPSA) is 68.7 Å². The Morgan fingerprint density at radius 1 is 1.38 bits per heavy atom. The van der Waals surface area contributed by atoms with E-state index in [4.69, 9.17) is 10.5 Å². The van der Waals surface area contributed by atoms with Gasteiger partial charge >= 0.3 is 0 Å². The number of methoxy groups -OCH3 is 1. The monoisotopic (exact) mass is 345 g/mol. The number of nitrogens with two attached hydrogens (primary N) is 1. The Labute approximate surface area is 146 Å². The number of aryl methyl sites for hydroxylation is 1. The molecule has 0 unspecified atom stereocenters. The molecule has 128 valence electrons. The van der Waals surface area contributed by atoms with Gasteiger partial charge in [0.15, 0.2) is 0 Å². The van der Waals surface area contributed by atoms with Gasteiger partial charge in [-0.1, -0.05) is 0 Å². The van der Waals surface area contributed by atoms with Crippen LogP contribution < -0.4 is 10.5 Å². The van der Waals surface area contributed by atoms with Gasteiger partial charge in [-0.05, 0) is 30.7 Å². The summed E-state index contributed by atoms with van der Waals surface area (Å²) in [4.78, 5) is 6.61. The van der Waals surface area contributed by atoms with Crippen molar-refractivity contribution < 1.29 is 4.74 Å². The number of benzene rings is 1. The Morgan fingerprint density at radius 3 is 2.83 bits per heavy atom. The Kier molecular flexibility index (Phi) is 5.42. The first-order chi connectivity index (χ1) is 11.7. The van der Waals surface area contributed by atoms with Gasteiger partial charge in [-0.25, -0.2) is 9.66 Å². The summed E-state index contributed by atoms with van der Waals surface area (Å²) >= 11 is 2.02. The number of imidazole rings is 1. The fourth-order valence-corrected chi connectivity index (χ4v) is 3.71. The number of rotatable bonds is 5. The van der Waals surface area contributed by atoms with Gasteiger partial charge in [-0.3, -0.25) is 4.90 Å². The average molecular weight is 345 g/mol. The summed E-state index contributed by atoms with van der Waals surface area (Å²) in [6.45, 7) is 5.04. The number of aromatic nitrogens is 2. The Bertz CT molecular complexity index is 722. The zero-order valence-electron chi connectivity index (χ0n) is 14.1. The van der Waals surface area contributed by atoms with E-state index in [1.54, 1.807) is 18.0 Å². The number of hydrogen-bond acceptors (Lipinski definition) is 6. The van der Waals surface area contributed by atoms with Crippen molar-refractivity contribution in [3.05, 3.63) is 41.2 Å². The Hall–Kier alpha value is -1.99. The zero-order valence-corrected chi connectivity index (χ0v) is 14.9. The van der Waals surface area contributed by atoms with E-state index in [1.807, 2.05) is 37.0 Å². The van der Waals surface area contributed by atoms with Crippen LogP contribution in [0, 0.1) is 6.92 Å². The highest BCUT2D eigenvalue weighted by Crippen LogP contribution is 2.22. The van der Waals surface area contributed by atoms with Crippen molar-refractivity contribution in [2.45, 2.75) is 13.5 Å². The van der Waals surface area contributed by atoms with Crippen LogP contribution in [0.3, 0.4) is 0 Å². The summed E-state index contributed by atoms with van der Waals surface area (Å²) in [6, 6.07) is 6.12. The molecule has 1 fully saturated rings. The predicted octanol–water partition coefficient (Wildman–Crippen LogP) is 2.21. The highest BCUT2D eigenvalue weighted by molar-refractivity contribution is 7.99. The molecule has 1 aromatic heterocycles. The minimum absolute atomic E-state index is 0.392. The van der Waals surface area contributed by atoms with Crippen LogP contribution in [0.2, 0.25) is 0 Å². The molecule has 6 nitrogen and oxygen atoms in total. The summed E-state index contributed by atoms with van der Waals surface area (Å²) in [5.74, 6) is 3.71. The van der Waals surface area contributed by atoms with Crippen LogP contribution in [0.25, 0.3) is 0 Å². The van der Waals surface area contributed by atoms with Crippen LogP contribution in [-0.2, 0) is 6.54 Å². The maximum atomic E-state index is 5.81. The van der Waals surface area contributed by atoms with Crippen molar-refractivity contribution in [2.75, 3.05) is 37.4 Å². The molecule has 7 heteroatoms. The summed E-state index contributed by atoms with van der Waals surface area (Å²) in [6.07, 6.45) is 3.61. The Morgan fingerprint density at radius 2 is 2.17 bits per heavy atom. The van der Waals surface area contributed by atoms with E-state index < -0.39 is 0 Å². The lowest BCUT2D eigenvalue weighted by atomic mass is 10.1. The molecule has 0 spiro atoms. The maximum absolute atomic E-state index is 5.81. The molecule has 0 bridgehead atoms. The number of nitrogen functional groups attached to an aromatic ring is 1. The average Bonchev–Trinajstić information content (AvgIpc) is 2.91. The third-order valence-corrected chi connectivity index (χ3v) is 4.91. The molecule has 2 aromatic rings. The van der Waals surface area contributed by atoms with E-state index in [0.29, 0.717) is 5.95 Å². The molecule has 0 saturated carbocycles. The standard InChI is InChI=1S/C17H23N5OS/c1-13-11-22(17(18)20-13)19-10-14-3-4-16(23-2)15(9-14)12-21-5-7-24-8-6-21/h3-4,9-11H,5-8,12H2,1-2H3,(H2,18,20). The lowest BCUT2D eigenvalue weighted by Crippen LogP contribution is -2.32. The molecule has 2 N–H and O–H groups in total. The summed E-state index contributed by atoms with van der Waals surface area (Å²) in [5.41, 5.74) is 8.86. The fourth-order valence-electron chi connectivity index (χ4n) is 2.73. The Balaban J connectivity index is 1.78. The first-order valence-corrected chi connectivity index (χ1v) is 9.14. The van der Waals surface area contributed by atoms with Crippen LogP contribution in [0.15, 0.2) is 29.5 Å². The van der Waals surface area contributed by atoms with Gasteiger partial charge in [0.25, 0.3) is 0 Å². The molecule has 1 aromatic carbocycles. The summed E-state index contributed by atoms with van der Waals surface area (Å²) in [7, 11) is 1.72. The minimum Gasteiger partial charge on any atom is -0.496 e. The van der Waals surface area contributed by atoms with E-state index in [2.05, 4.69) is 21.1 Å². The summed E-state index contributed by atoms with van der Waals surface area (Å²) in [5, 5.41) is 4.39. The van der Waals surface area contributed by atoms with Crippen LogP contribution in [0.5, 0.6) is 5.75 Å². The van der Waals surface area contributed by atoms with Crippen molar-refractivity contribution in [3.8, 4) is 5.75 Å². The number of nitrogens with zero attached hydrogens (tertiary/aromatic N) is 4. The number of hydrogen-bond donors (Lipinski definition) is 1. The molecule has 2 heterocycles. The highest BCUT2D eigenvalue weighted by Gasteiger charge is 2.13. The second-order valence-electron chi connectivity index (χ2n) is 5.79. The van der Waals surface area contributed by atoms with Crippen molar-refractivity contribution in [2.24, 2.45) is 5.10 Å². The molecule has 0 radical (unpaired) electrons. The SMILES string of the molecule is COc1ccc(C=Nn2cc(C)nc2N)cc1CN1CCSCC1. The quantitative estimate of drug-likeness (QED) is 0.842. The number of thioether (sulfide) groups is 1. The summed E-state index contributed by atoms with van der Waals surface area (Å²) < 4.78 is 7.10. The third kappa shape index (κ3) is 4.10. The maximum Gasteiger partial charge on any atom is 0.221 e. The van der Waals surface area contributed by atoms with Gasteiger partial charge in [0.2, 0.25) is 5.95 Å². The number of ether oxygens (including phenoxy) is 1. The van der Waals surface area contributed by atoms with E-state index in [0.717, 1.165) is 36.6 Å². The minimum atomic E-state index is 0.392. The molecule has 0 aliphatic carbocycles. The van der Waals surface area contributed by atoms with Gasteiger partial charge in [0, 0.05) is 36.7 Å². The largest absolute Gasteiger partial charge is 0.496 e. The van der Waals surface area contributed by atoms with E-state index >= 15 is 0 Å². The zero-order chi connectivity index (χ0) is 16.9. The van der Waals surface area contributed by atoms with E-state index in [-0.39, 0.29) is 0 Å². The second-order valence-corrected chi connectivity index (χ2v) is 7.01. The molecule has 0 atom stereocenters. The third-order valence-electron chi connectivity index (χ3n) is 3.97. The van der Waals surface area contributed by atoms with Gasteiger partial charge in [-0.15, -0.1) is 0 Å². The van der Waals surface area contributed by atoms with Gasteiger partial charge in [0.05, 0.1) is 25.2 Å². The molecular weight excluding hydrogens is 322 g/mol. The van der Waals surface area contributed by atoms with Gasteiger partial charge < -0.3 is 10.5 Å². The van der Waals surface area contributed by atoms with Gasteiger partial charge in [-0.2, -0.15) is 16.9 Å². The molecule has 24 heavy (non-hydrogen) atoms. The molecular formula is C17H23N5OS. The highest BCUT2D eigenvalue weighted by atomic mass is 32.2. The van der Waals surface area contributed by atoms with Crippen molar-refractivity contribution >= 4 is 23.9 Å². The normalized spacial score (nSPS) is 15.9. The molecule has 1 saturated heterocycles. The molecule has 3 rings (SSSR count). The lowest BCUT2D eigenvalue weighted by molar-refractivity contribution is 0.288. The molecule has 0 amide bonds. The molecule has 1 aliphatic rings. The predicted molar refractivity (Wildman–Crippen MR) is 100.0 cm³/mol. The van der Waals surface area contributed by atoms with Crippen LogP contribution in [0.4, 0.5) is 5.95 Å². The first-order valence-electron chi connectivity index (χ1n) is 7.98. The van der Waals surface area contributed by atoms with E-state index in [9.17, 15) is 0 Å². The van der Waals surface area contributed by atoms with Crippen LogP contribution in [-0.4, -0.2) is 52.5 Å². The molecule has 1 aliphatic heterocycles. The van der Waals surface area contributed by atoms with Crippen molar-refractivity contribution in [1.82, 2.24) is 14.6 Å². The van der Waals surface area contributed by atoms with Crippen LogP contribution in [0.1, 0.15) is 16.8 Å². The van der Waals surface area contributed by atoms with E-state index in [1.165, 1.54) is 17.1 Å². The van der Waals surface area contributed by atoms with Crippen LogP contribution >= 0.6 is 11.8 Å². The van der Waals surface area contributed by atoms with Gasteiger partial charge in [0.1, 0.15) is 5.75 Å². The first kappa shape index (κ1) is 16.9. The second kappa shape index (κ2) is 7.72.